The van der Waals surface area contributed by atoms with Crippen molar-refractivity contribution < 1.29 is 14.7 Å². The molecule has 1 aromatic heterocycles. The molecule has 2 aromatic rings. The van der Waals surface area contributed by atoms with Crippen LogP contribution in [0.5, 0.6) is 0 Å². The van der Waals surface area contributed by atoms with Crippen LogP contribution < -0.4 is 5.32 Å². The predicted molar refractivity (Wildman–Crippen MR) is 77.3 cm³/mol. The molecule has 1 aromatic carbocycles. The molecular weight excluding hydrogens is 324 g/mol. The number of anilines is 1. The predicted octanol–water partition coefficient (Wildman–Crippen LogP) is 2.66. The number of aromatic nitrogens is 1. The van der Waals surface area contributed by atoms with Crippen LogP contribution in [0.3, 0.4) is 0 Å². The molecule has 2 atom stereocenters. The number of para-hydroxylation sites is 1. The lowest BCUT2D eigenvalue weighted by Crippen LogP contribution is -2.17. The Morgan fingerprint density at radius 1 is 1.35 bits per heavy atom. The van der Waals surface area contributed by atoms with Crippen LogP contribution in [0.1, 0.15) is 6.42 Å². The highest BCUT2D eigenvalue weighted by Gasteiger charge is 2.48. The lowest BCUT2D eigenvalue weighted by atomic mass is 10.2. The summed E-state index contributed by atoms with van der Waals surface area (Å²) in [5.74, 6) is -2.15. The van der Waals surface area contributed by atoms with Crippen LogP contribution in [-0.2, 0) is 9.59 Å². The number of carboxylic acid groups (broad SMARTS) is 1. The van der Waals surface area contributed by atoms with Crippen molar-refractivity contribution in [3.8, 4) is 0 Å². The van der Waals surface area contributed by atoms with Gasteiger partial charge in [0.15, 0.2) is 0 Å². The number of hydrogen-bond acceptors (Lipinski definition) is 3. The smallest absolute Gasteiger partial charge is 0.307 e. The van der Waals surface area contributed by atoms with Crippen molar-refractivity contribution in [3.05, 3.63) is 34.9 Å². The van der Waals surface area contributed by atoms with Gasteiger partial charge in [0.1, 0.15) is 0 Å². The van der Waals surface area contributed by atoms with Crippen molar-refractivity contribution in [2.24, 2.45) is 11.8 Å². The Morgan fingerprint density at radius 3 is 2.85 bits per heavy atom. The summed E-state index contributed by atoms with van der Waals surface area (Å²) in [6.45, 7) is 0. The molecule has 102 valence electrons. The Kier molecular flexibility index (Phi) is 3.17. The first-order chi connectivity index (χ1) is 9.56. The molecule has 0 saturated heterocycles. The molecular formula is C14H11BrN2O3. The molecule has 1 heterocycles. The van der Waals surface area contributed by atoms with Gasteiger partial charge in [0.2, 0.25) is 5.91 Å². The summed E-state index contributed by atoms with van der Waals surface area (Å²) in [5, 5.41) is 12.5. The highest BCUT2D eigenvalue weighted by atomic mass is 79.9. The van der Waals surface area contributed by atoms with Gasteiger partial charge in [-0.1, -0.05) is 12.1 Å². The minimum atomic E-state index is -0.912. The molecule has 0 radical (unpaired) electrons. The third-order valence-corrected chi connectivity index (χ3v) is 3.81. The van der Waals surface area contributed by atoms with E-state index in [1.54, 1.807) is 12.3 Å². The maximum atomic E-state index is 12.0. The van der Waals surface area contributed by atoms with E-state index in [1.807, 2.05) is 18.2 Å². The van der Waals surface area contributed by atoms with Gasteiger partial charge in [0, 0.05) is 16.1 Å². The molecule has 0 bridgehead atoms. The van der Waals surface area contributed by atoms with Crippen molar-refractivity contribution in [3.63, 3.8) is 0 Å². The van der Waals surface area contributed by atoms with Crippen LogP contribution in [0.2, 0.25) is 0 Å². The summed E-state index contributed by atoms with van der Waals surface area (Å²) in [7, 11) is 0. The summed E-state index contributed by atoms with van der Waals surface area (Å²) in [5.41, 5.74) is 1.30. The second-order valence-electron chi connectivity index (χ2n) is 4.81. The van der Waals surface area contributed by atoms with Crippen molar-refractivity contribution in [1.82, 2.24) is 4.98 Å². The van der Waals surface area contributed by atoms with Gasteiger partial charge in [-0.25, -0.2) is 0 Å². The number of hydrogen-bond donors (Lipinski definition) is 2. The number of amides is 1. The largest absolute Gasteiger partial charge is 0.481 e. The van der Waals surface area contributed by atoms with Gasteiger partial charge in [-0.2, -0.15) is 0 Å². The van der Waals surface area contributed by atoms with Gasteiger partial charge < -0.3 is 10.4 Å². The molecule has 3 rings (SSSR count). The molecule has 2 unspecified atom stereocenters. The number of halogens is 1. The third-order valence-electron chi connectivity index (χ3n) is 3.38. The number of pyridine rings is 1. The zero-order valence-corrected chi connectivity index (χ0v) is 11.9. The van der Waals surface area contributed by atoms with Crippen molar-refractivity contribution >= 4 is 44.4 Å². The van der Waals surface area contributed by atoms with E-state index >= 15 is 0 Å². The zero-order valence-electron chi connectivity index (χ0n) is 10.3. The van der Waals surface area contributed by atoms with E-state index < -0.39 is 17.8 Å². The summed E-state index contributed by atoms with van der Waals surface area (Å²) in [4.78, 5) is 27.1. The fourth-order valence-corrected chi connectivity index (χ4v) is 2.57. The van der Waals surface area contributed by atoms with Crippen LogP contribution in [0.15, 0.2) is 34.9 Å². The first-order valence-electron chi connectivity index (χ1n) is 6.14. The van der Waals surface area contributed by atoms with E-state index in [9.17, 15) is 9.59 Å². The normalized spacial score (nSPS) is 20.6. The lowest BCUT2D eigenvalue weighted by Gasteiger charge is -2.07. The molecule has 5 nitrogen and oxygen atoms in total. The topological polar surface area (TPSA) is 79.3 Å². The van der Waals surface area contributed by atoms with Gasteiger partial charge in [0.05, 0.1) is 23.0 Å². The lowest BCUT2D eigenvalue weighted by molar-refractivity contribution is -0.139. The van der Waals surface area contributed by atoms with Crippen LogP contribution in [0.25, 0.3) is 10.9 Å². The molecule has 1 fully saturated rings. The maximum absolute atomic E-state index is 12.0. The zero-order chi connectivity index (χ0) is 14.3. The van der Waals surface area contributed by atoms with E-state index in [4.69, 9.17) is 5.11 Å². The second kappa shape index (κ2) is 4.86. The number of fused-ring (bicyclic) bond motifs is 1. The fraction of sp³-hybridized carbons (Fsp3) is 0.214. The Balaban J connectivity index is 1.85. The third kappa shape index (κ3) is 2.38. The van der Waals surface area contributed by atoms with Gasteiger partial charge >= 0.3 is 5.97 Å². The van der Waals surface area contributed by atoms with Gasteiger partial charge in [-0.3, -0.25) is 14.6 Å². The minimum Gasteiger partial charge on any atom is -0.481 e. The quantitative estimate of drug-likeness (QED) is 0.904. The Morgan fingerprint density at radius 2 is 2.15 bits per heavy atom. The highest BCUT2D eigenvalue weighted by molar-refractivity contribution is 9.10. The van der Waals surface area contributed by atoms with Gasteiger partial charge in [-0.05, 0) is 34.5 Å². The molecule has 1 amide bonds. The van der Waals surface area contributed by atoms with Crippen LogP contribution in [-0.4, -0.2) is 22.0 Å². The number of benzene rings is 1. The van der Waals surface area contributed by atoms with Crippen LogP contribution in [0, 0.1) is 11.8 Å². The molecule has 0 spiro atoms. The minimum absolute atomic E-state index is 0.255. The number of carbonyl (C=O) groups excluding carboxylic acids is 1. The number of rotatable bonds is 3. The monoisotopic (exact) mass is 334 g/mol. The number of nitrogens with zero attached hydrogens (tertiary/aromatic N) is 1. The number of aliphatic carboxylic acids is 1. The second-order valence-corrected chi connectivity index (χ2v) is 5.72. The van der Waals surface area contributed by atoms with Crippen LogP contribution >= 0.6 is 15.9 Å². The summed E-state index contributed by atoms with van der Waals surface area (Å²) in [6.07, 6.45) is 2.07. The fourth-order valence-electron chi connectivity index (χ4n) is 2.22. The average Bonchev–Trinajstić information content (AvgIpc) is 3.19. The molecule has 1 aliphatic rings. The number of carboxylic acids is 1. The van der Waals surface area contributed by atoms with E-state index in [2.05, 4.69) is 26.2 Å². The van der Waals surface area contributed by atoms with Crippen LogP contribution in [0.4, 0.5) is 5.69 Å². The number of carbonyl (C=O) groups is 2. The Bertz CT molecular complexity index is 717. The summed E-state index contributed by atoms with van der Waals surface area (Å²) < 4.78 is 0.863. The van der Waals surface area contributed by atoms with Gasteiger partial charge in [0.25, 0.3) is 0 Å². The highest BCUT2D eigenvalue weighted by Crippen LogP contribution is 2.39. The number of nitrogens with one attached hydrogen (secondary N) is 1. The van der Waals surface area contributed by atoms with Crippen molar-refractivity contribution in [2.45, 2.75) is 6.42 Å². The maximum Gasteiger partial charge on any atom is 0.307 e. The first-order valence-corrected chi connectivity index (χ1v) is 6.93. The van der Waals surface area contributed by atoms with E-state index in [0.29, 0.717) is 17.6 Å². The van der Waals surface area contributed by atoms with E-state index in [1.165, 1.54) is 0 Å². The first kappa shape index (κ1) is 13.1. The Labute approximate surface area is 123 Å². The molecule has 6 heteroatoms. The van der Waals surface area contributed by atoms with Crippen molar-refractivity contribution in [2.75, 3.05) is 5.32 Å². The Hall–Kier alpha value is -1.95. The van der Waals surface area contributed by atoms with Crippen molar-refractivity contribution in [1.29, 1.82) is 0 Å². The molecule has 20 heavy (non-hydrogen) atoms. The standard InChI is InChI=1S/C14H11BrN2O3/c15-8-4-7-2-1-3-11(12(7)16-6-8)17-13(18)9-5-10(9)14(19)20/h1-4,6,9-10H,5H2,(H,17,18)(H,19,20). The molecule has 0 aliphatic heterocycles. The SMILES string of the molecule is O=C(O)C1CC1C(=O)Nc1cccc2cc(Br)cnc12. The molecule has 2 N–H and O–H groups in total. The average molecular weight is 335 g/mol. The molecule has 1 saturated carbocycles. The van der Waals surface area contributed by atoms with Gasteiger partial charge in [-0.15, -0.1) is 0 Å². The van der Waals surface area contributed by atoms with E-state index in [0.717, 1.165) is 9.86 Å². The summed E-state index contributed by atoms with van der Waals surface area (Å²) >= 11 is 3.35. The van der Waals surface area contributed by atoms with E-state index in [-0.39, 0.29) is 5.91 Å². The summed E-state index contributed by atoms with van der Waals surface area (Å²) in [6, 6.07) is 7.40. The molecule has 1 aliphatic carbocycles.